The molecule has 1 aliphatic heterocycles. The second kappa shape index (κ2) is 3.55. The highest BCUT2D eigenvalue weighted by Crippen LogP contribution is 2.40. The summed E-state index contributed by atoms with van der Waals surface area (Å²) in [5, 5.41) is 3.57. The molecule has 1 aromatic carbocycles. The molecule has 0 N–H and O–H groups in total. The Labute approximate surface area is 81.6 Å². The molecule has 62 valence electrons. The largest absolute Gasteiger partial charge is 0.126 e. The van der Waals surface area contributed by atoms with Crippen molar-refractivity contribution in [1.82, 2.24) is 0 Å². The van der Waals surface area contributed by atoms with Crippen LogP contribution < -0.4 is 0 Å². The Morgan fingerprint density at radius 1 is 1.33 bits per heavy atom. The van der Waals surface area contributed by atoms with E-state index in [4.69, 9.17) is 11.6 Å². The summed E-state index contributed by atoms with van der Waals surface area (Å²) < 4.78 is 0. The number of rotatable bonds is 1. The topological polar surface area (TPSA) is 0 Å². The van der Waals surface area contributed by atoms with Gasteiger partial charge in [0, 0.05) is 10.3 Å². The van der Waals surface area contributed by atoms with Crippen molar-refractivity contribution in [3.63, 3.8) is 0 Å². The SMILES string of the molecule is Clc1ccccc1C1CC=CS1. The summed E-state index contributed by atoms with van der Waals surface area (Å²) in [6.45, 7) is 0. The van der Waals surface area contributed by atoms with Gasteiger partial charge in [-0.15, -0.1) is 11.8 Å². The van der Waals surface area contributed by atoms with E-state index in [1.54, 1.807) is 0 Å². The molecule has 0 bridgehead atoms. The van der Waals surface area contributed by atoms with Gasteiger partial charge < -0.3 is 0 Å². The van der Waals surface area contributed by atoms with E-state index < -0.39 is 0 Å². The summed E-state index contributed by atoms with van der Waals surface area (Å²) in [5.74, 6) is 0. The maximum atomic E-state index is 6.06. The van der Waals surface area contributed by atoms with E-state index in [0.717, 1.165) is 11.4 Å². The molecule has 0 spiro atoms. The van der Waals surface area contributed by atoms with E-state index in [0.29, 0.717) is 5.25 Å². The van der Waals surface area contributed by atoms with Crippen LogP contribution in [-0.2, 0) is 0 Å². The highest BCUT2D eigenvalue weighted by atomic mass is 35.5. The van der Waals surface area contributed by atoms with Gasteiger partial charge in [-0.05, 0) is 23.5 Å². The fourth-order valence-corrected chi connectivity index (χ4v) is 2.64. The van der Waals surface area contributed by atoms with Gasteiger partial charge in [-0.3, -0.25) is 0 Å². The molecule has 2 rings (SSSR count). The molecule has 12 heavy (non-hydrogen) atoms. The fourth-order valence-electron chi connectivity index (χ4n) is 1.32. The van der Waals surface area contributed by atoms with Crippen LogP contribution in [0.15, 0.2) is 35.7 Å². The molecule has 0 amide bonds. The molecule has 2 heteroatoms. The molecule has 0 nitrogen and oxygen atoms in total. The molecule has 1 heterocycles. The van der Waals surface area contributed by atoms with Crippen molar-refractivity contribution in [1.29, 1.82) is 0 Å². The van der Waals surface area contributed by atoms with Gasteiger partial charge in [0.25, 0.3) is 0 Å². The van der Waals surface area contributed by atoms with Crippen molar-refractivity contribution in [2.24, 2.45) is 0 Å². The second-order valence-corrected chi connectivity index (χ2v) is 4.27. The number of hydrogen-bond acceptors (Lipinski definition) is 1. The van der Waals surface area contributed by atoms with Crippen LogP contribution in [-0.4, -0.2) is 0 Å². The number of benzene rings is 1. The maximum absolute atomic E-state index is 6.06. The average molecular weight is 197 g/mol. The van der Waals surface area contributed by atoms with Gasteiger partial charge in [0.05, 0.1) is 0 Å². The smallest absolute Gasteiger partial charge is 0.0449 e. The van der Waals surface area contributed by atoms with Crippen molar-refractivity contribution in [2.75, 3.05) is 0 Å². The van der Waals surface area contributed by atoms with Crippen LogP contribution in [0.2, 0.25) is 5.02 Å². The zero-order valence-corrected chi connectivity index (χ0v) is 8.11. The van der Waals surface area contributed by atoms with Crippen LogP contribution in [0.3, 0.4) is 0 Å². The third-order valence-electron chi connectivity index (χ3n) is 1.94. The predicted octanol–water partition coefficient (Wildman–Crippen LogP) is 4.03. The number of thioether (sulfide) groups is 1. The molecule has 0 saturated heterocycles. The van der Waals surface area contributed by atoms with E-state index in [1.165, 1.54) is 5.56 Å². The zero-order chi connectivity index (χ0) is 8.39. The first kappa shape index (κ1) is 8.21. The van der Waals surface area contributed by atoms with E-state index in [-0.39, 0.29) is 0 Å². The van der Waals surface area contributed by atoms with E-state index in [9.17, 15) is 0 Å². The Balaban J connectivity index is 2.27. The Bertz CT molecular complexity index is 298. The van der Waals surface area contributed by atoms with Gasteiger partial charge in [0.1, 0.15) is 0 Å². The molecule has 0 saturated carbocycles. The predicted molar refractivity (Wildman–Crippen MR) is 55.5 cm³/mol. The molecule has 0 fully saturated rings. The Morgan fingerprint density at radius 2 is 2.17 bits per heavy atom. The van der Waals surface area contributed by atoms with Gasteiger partial charge in [-0.1, -0.05) is 35.9 Å². The molecule has 0 aromatic heterocycles. The third-order valence-corrected chi connectivity index (χ3v) is 3.41. The lowest BCUT2D eigenvalue weighted by molar-refractivity contribution is 0.991. The summed E-state index contributed by atoms with van der Waals surface area (Å²) in [6.07, 6.45) is 3.30. The third kappa shape index (κ3) is 1.52. The number of hydrogen-bond donors (Lipinski definition) is 0. The molecule has 1 aromatic rings. The van der Waals surface area contributed by atoms with Gasteiger partial charge in [0.2, 0.25) is 0 Å². The van der Waals surface area contributed by atoms with Crippen LogP contribution in [0.1, 0.15) is 17.2 Å². The lowest BCUT2D eigenvalue weighted by Crippen LogP contribution is -1.88. The number of allylic oxidation sites excluding steroid dienone is 1. The van der Waals surface area contributed by atoms with Gasteiger partial charge in [-0.2, -0.15) is 0 Å². The molecule has 0 radical (unpaired) electrons. The van der Waals surface area contributed by atoms with Crippen molar-refractivity contribution in [3.05, 3.63) is 46.3 Å². The van der Waals surface area contributed by atoms with E-state index in [2.05, 4.69) is 17.6 Å². The first-order valence-corrected chi connectivity index (χ1v) is 5.25. The van der Waals surface area contributed by atoms with Gasteiger partial charge in [-0.25, -0.2) is 0 Å². The maximum Gasteiger partial charge on any atom is 0.0449 e. The second-order valence-electron chi connectivity index (χ2n) is 2.75. The summed E-state index contributed by atoms with van der Waals surface area (Å²) in [6, 6.07) is 8.07. The summed E-state index contributed by atoms with van der Waals surface area (Å²) in [5.41, 5.74) is 1.26. The standard InChI is InChI=1S/C10H9ClS/c11-9-5-2-1-4-8(9)10-6-3-7-12-10/h1-5,7,10H,6H2. The molecular weight excluding hydrogens is 188 g/mol. The summed E-state index contributed by atoms with van der Waals surface area (Å²) in [4.78, 5) is 0. The normalized spacial score (nSPS) is 21.6. The quantitative estimate of drug-likeness (QED) is 0.654. The summed E-state index contributed by atoms with van der Waals surface area (Å²) in [7, 11) is 0. The van der Waals surface area contributed by atoms with Crippen molar-refractivity contribution < 1.29 is 0 Å². The van der Waals surface area contributed by atoms with Gasteiger partial charge >= 0.3 is 0 Å². The van der Waals surface area contributed by atoms with Crippen molar-refractivity contribution in [3.8, 4) is 0 Å². The van der Waals surface area contributed by atoms with Crippen LogP contribution in [0, 0.1) is 0 Å². The molecule has 1 atom stereocenters. The fraction of sp³-hybridized carbons (Fsp3) is 0.200. The minimum atomic E-state index is 0.540. The molecule has 1 aliphatic rings. The van der Waals surface area contributed by atoms with E-state index >= 15 is 0 Å². The summed E-state index contributed by atoms with van der Waals surface area (Å²) >= 11 is 7.91. The Hall–Kier alpha value is -0.400. The van der Waals surface area contributed by atoms with Crippen molar-refractivity contribution >= 4 is 23.4 Å². The average Bonchev–Trinajstić information content (AvgIpc) is 2.57. The Morgan fingerprint density at radius 3 is 2.83 bits per heavy atom. The van der Waals surface area contributed by atoms with Crippen molar-refractivity contribution in [2.45, 2.75) is 11.7 Å². The first-order chi connectivity index (χ1) is 5.88. The Kier molecular flexibility index (Phi) is 2.43. The lowest BCUT2D eigenvalue weighted by Gasteiger charge is -2.09. The van der Waals surface area contributed by atoms with Crippen LogP contribution in [0.25, 0.3) is 0 Å². The van der Waals surface area contributed by atoms with Gasteiger partial charge in [0.15, 0.2) is 0 Å². The molecule has 1 unspecified atom stereocenters. The first-order valence-electron chi connectivity index (χ1n) is 3.93. The minimum Gasteiger partial charge on any atom is -0.126 e. The minimum absolute atomic E-state index is 0.540. The van der Waals surface area contributed by atoms with Crippen LogP contribution >= 0.6 is 23.4 Å². The zero-order valence-electron chi connectivity index (χ0n) is 6.53. The lowest BCUT2D eigenvalue weighted by atomic mass is 10.1. The van der Waals surface area contributed by atoms with E-state index in [1.807, 2.05) is 30.0 Å². The van der Waals surface area contributed by atoms with Crippen LogP contribution in [0.5, 0.6) is 0 Å². The monoisotopic (exact) mass is 196 g/mol. The van der Waals surface area contributed by atoms with Crippen LogP contribution in [0.4, 0.5) is 0 Å². The molecule has 0 aliphatic carbocycles. The highest BCUT2D eigenvalue weighted by Gasteiger charge is 2.15. The highest BCUT2D eigenvalue weighted by molar-refractivity contribution is 8.02. The molecular formula is C10H9ClS. The number of halogens is 1.